The van der Waals surface area contributed by atoms with E-state index < -0.39 is 26.3 Å². The first-order valence-corrected chi connectivity index (χ1v) is 16.0. The first-order chi connectivity index (χ1) is 17.2. The Morgan fingerprint density at radius 3 is 2.24 bits per heavy atom. The Morgan fingerprint density at radius 1 is 1.08 bits per heavy atom. The molecule has 210 valence electrons. The van der Waals surface area contributed by atoms with E-state index in [1.54, 1.807) is 14.2 Å². The summed E-state index contributed by atoms with van der Waals surface area (Å²) >= 11 is 0. The molecule has 0 aliphatic heterocycles. The number of Topliss-reactive ketones (excluding diaryl/α,β-unsaturated/α-hetero) is 1. The van der Waals surface area contributed by atoms with E-state index in [0.717, 1.165) is 11.1 Å². The summed E-state index contributed by atoms with van der Waals surface area (Å²) in [6.45, 7) is 19.4. The Balaban J connectivity index is 3.01. The SMILES string of the molecule is C/C=C\[C@H](C)/C=C(\C)[C@@H](O)[C@@H](CO[Si](C)(C)C(C)(C)C)C(=O)[C@H](C)COCc1ccc(OC)c(OC)c1. The van der Waals surface area contributed by atoms with Crippen LogP contribution in [0.25, 0.3) is 0 Å². The molecule has 1 aromatic rings. The van der Waals surface area contributed by atoms with Crippen molar-refractivity contribution >= 4 is 14.1 Å². The van der Waals surface area contributed by atoms with Crippen LogP contribution in [0.5, 0.6) is 11.5 Å². The van der Waals surface area contributed by atoms with Gasteiger partial charge in [-0.2, -0.15) is 0 Å². The van der Waals surface area contributed by atoms with Crippen molar-refractivity contribution in [2.24, 2.45) is 17.8 Å². The average molecular weight is 535 g/mol. The highest BCUT2D eigenvalue weighted by Gasteiger charge is 2.40. The van der Waals surface area contributed by atoms with Gasteiger partial charge in [0.2, 0.25) is 0 Å². The van der Waals surface area contributed by atoms with Crippen molar-refractivity contribution in [3.63, 3.8) is 0 Å². The van der Waals surface area contributed by atoms with E-state index in [-0.39, 0.29) is 30.0 Å². The molecule has 0 aliphatic rings. The number of benzene rings is 1. The van der Waals surface area contributed by atoms with E-state index in [9.17, 15) is 9.90 Å². The summed E-state index contributed by atoms with van der Waals surface area (Å²) in [7, 11) is 1.08. The summed E-state index contributed by atoms with van der Waals surface area (Å²) in [6.07, 6.45) is 5.14. The zero-order valence-electron chi connectivity index (χ0n) is 24.9. The van der Waals surface area contributed by atoms with E-state index in [0.29, 0.717) is 18.1 Å². The normalized spacial score (nSPS) is 16.4. The molecule has 0 radical (unpaired) electrons. The van der Waals surface area contributed by atoms with E-state index in [1.165, 1.54) is 0 Å². The molecule has 7 heteroatoms. The number of allylic oxidation sites excluding steroid dienone is 3. The van der Waals surface area contributed by atoms with E-state index in [1.807, 2.05) is 51.1 Å². The minimum atomic E-state index is -2.11. The molecule has 0 saturated heterocycles. The van der Waals surface area contributed by atoms with Crippen LogP contribution in [0.4, 0.5) is 0 Å². The molecule has 0 aliphatic carbocycles. The number of carbonyl (C=O) groups excluding carboxylic acids is 1. The molecule has 1 rings (SSSR count). The minimum absolute atomic E-state index is 0.00498. The zero-order valence-corrected chi connectivity index (χ0v) is 25.9. The molecular weight excluding hydrogens is 484 g/mol. The number of ketones is 1. The second-order valence-electron chi connectivity index (χ2n) is 11.4. The number of hydrogen-bond donors (Lipinski definition) is 1. The minimum Gasteiger partial charge on any atom is -0.493 e. The Labute approximate surface area is 226 Å². The summed E-state index contributed by atoms with van der Waals surface area (Å²) in [4.78, 5) is 13.6. The van der Waals surface area contributed by atoms with Crippen LogP contribution in [-0.4, -0.2) is 52.7 Å². The van der Waals surface area contributed by atoms with E-state index >= 15 is 0 Å². The molecule has 37 heavy (non-hydrogen) atoms. The molecule has 0 aromatic heterocycles. The monoisotopic (exact) mass is 534 g/mol. The van der Waals surface area contributed by atoms with E-state index in [4.69, 9.17) is 18.6 Å². The van der Waals surface area contributed by atoms with Gasteiger partial charge < -0.3 is 23.7 Å². The molecule has 6 nitrogen and oxygen atoms in total. The highest BCUT2D eigenvalue weighted by atomic mass is 28.4. The van der Waals surface area contributed by atoms with Gasteiger partial charge in [-0.1, -0.05) is 58.9 Å². The molecule has 0 heterocycles. The fraction of sp³-hybridized carbons (Fsp3) is 0.633. The summed E-state index contributed by atoms with van der Waals surface area (Å²) in [5.74, 6) is 0.337. The Kier molecular flexibility index (Phi) is 13.3. The molecule has 4 atom stereocenters. The van der Waals surface area contributed by atoms with Gasteiger partial charge in [0, 0.05) is 12.5 Å². The topological polar surface area (TPSA) is 74.2 Å². The number of ether oxygens (including phenoxy) is 3. The van der Waals surface area contributed by atoms with Gasteiger partial charge in [0.25, 0.3) is 0 Å². The van der Waals surface area contributed by atoms with Crippen molar-refractivity contribution in [1.82, 2.24) is 0 Å². The summed E-state index contributed by atoms with van der Waals surface area (Å²) in [6, 6.07) is 5.61. The van der Waals surface area contributed by atoms with Gasteiger partial charge in [0.1, 0.15) is 5.78 Å². The number of aliphatic hydroxyl groups excluding tert-OH is 1. The smallest absolute Gasteiger partial charge is 0.192 e. The van der Waals surface area contributed by atoms with Crippen molar-refractivity contribution < 1.29 is 28.5 Å². The fourth-order valence-corrected chi connectivity index (χ4v) is 4.83. The maximum absolute atomic E-state index is 13.6. The lowest BCUT2D eigenvalue weighted by Gasteiger charge is -2.38. The van der Waals surface area contributed by atoms with Gasteiger partial charge in [-0.25, -0.2) is 0 Å². The quantitative estimate of drug-likeness (QED) is 0.202. The lowest BCUT2D eigenvalue weighted by molar-refractivity contribution is -0.132. The maximum atomic E-state index is 13.6. The summed E-state index contributed by atoms with van der Waals surface area (Å²) in [5.41, 5.74) is 1.70. The van der Waals surface area contributed by atoms with Crippen LogP contribution >= 0.6 is 0 Å². The maximum Gasteiger partial charge on any atom is 0.192 e. The fourth-order valence-electron chi connectivity index (χ4n) is 3.80. The number of rotatable bonds is 15. The van der Waals surface area contributed by atoms with Crippen molar-refractivity contribution in [3.05, 3.63) is 47.6 Å². The van der Waals surface area contributed by atoms with Crippen LogP contribution < -0.4 is 9.47 Å². The van der Waals surface area contributed by atoms with Crippen LogP contribution in [0.2, 0.25) is 18.1 Å². The van der Waals surface area contributed by atoms with Crippen LogP contribution in [0.3, 0.4) is 0 Å². The number of hydrogen-bond acceptors (Lipinski definition) is 6. The third-order valence-electron chi connectivity index (χ3n) is 7.24. The summed E-state index contributed by atoms with van der Waals surface area (Å²) in [5, 5.41) is 11.3. The van der Waals surface area contributed by atoms with Crippen molar-refractivity contribution in [3.8, 4) is 11.5 Å². The second kappa shape index (κ2) is 14.9. The predicted octanol–water partition coefficient (Wildman–Crippen LogP) is 6.58. The molecule has 1 aromatic carbocycles. The third kappa shape index (κ3) is 10.0. The van der Waals surface area contributed by atoms with Gasteiger partial charge in [-0.05, 0) is 61.2 Å². The highest BCUT2D eigenvalue weighted by molar-refractivity contribution is 6.74. The lowest BCUT2D eigenvalue weighted by Crippen LogP contribution is -2.45. The second-order valence-corrected chi connectivity index (χ2v) is 16.2. The van der Waals surface area contributed by atoms with Gasteiger partial charge in [0.15, 0.2) is 19.8 Å². The van der Waals surface area contributed by atoms with Gasteiger partial charge >= 0.3 is 0 Å². The number of carbonyl (C=O) groups is 1. The first kappa shape index (κ1) is 33.1. The molecule has 1 N–H and O–H groups in total. The first-order valence-electron chi connectivity index (χ1n) is 13.1. The molecule has 0 saturated carbocycles. The van der Waals surface area contributed by atoms with Gasteiger partial charge in [0.05, 0.1) is 39.5 Å². The Bertz CT molecular complexity index is 915. The standard InChI is InChI=1S/C30H50O6Si/c1-12-13-21(2)16-22(3)28(31)25(20-36-37(10,11)30(5,6)7)29(32)23(4)18-35-19-24-14-15-26(33-8)27(17-24)34-9/h12-17,21,23,25,28,31H,18-20H2,1-11H3/b13-12-,22-16+/t21-,23+,25+,28+/m0/s1. The molecule has 0 spiro atoms. The highest BCUT2D eigenvalue weighted by Crippen LogP contribution is 2.37. The average Bonchev–Trinajstić information content (AvgIpc) is 2.82. The Hall–Kier alpha value is -1.93. The van der Waals surface area contributed by atoms with Crippen LogP contribution in [0.1, 0.15) is 54.0 Å². The third-order valence-corrected chi connectivity index (χ3v) is 11.7. The molecule has 0 bridgehead atoms. The molecule has 0 unspecified atom stereocenters. The van der Waals surface area contributed by atoms with Crippen molar-refractivity contribution in [2.75, 3.05) is 27.4 Å². The van der Waals surface area contributed by atoms with Crippen LogP contribution in [0, 0.1) is 17.8 Å². The van der Waals surface area contributed by atoms with Gasteiger partial charge in [-0.15, -0.1) is 0 Å². The number of aliphatic hydroxyl groups is 1. The van der Waals surface area contributed by atoms with Crippen molar-refractivity contribution in [2.45, 2.75) is 79.3 Å². The van der Waals surface area contributed by atoms with Crippen molar-refractivity contribution in [1.29, 1.82) is 0 Å². The van der Waals surface area contributed by atoms with E-state index in [2.05, 4.69) is 46.9 Å². The molecule has 0 amide bonds. The number of methoxy groups -OCH3 is 2. The van der Waals surface area contributed by atoms with Gasteiger partial charge in [-0.3, -0.25) is 4.79 Å². The molecule has 0 fully saturated rings. The van der Waals surface area contributed by atoms with Crippen LogP contribution in [-0.2, 0) is 20.6 Å². The molecular formula is C30H50O6Si. The van der Waals surface area contributed by atoms with Crippen LogP contribution in [0.15, 0.2) is 42.0 Å². The summed E-state index contributed by atoms with van der Waals surface area (Å²) < 4.78 is 23.0. The largest absolute Gasteiger partial charge is 0.493 e. The zero-order chi connectivity index (χ0) is 28.4. The Morgan fingerprint density at radius 2 is 1.70 bits per heavy atom. The predicted molar refractivity (Wildman–Crippen MR) is 154 cm³/mol. The lowest BCUT2D eigenvalue weighted by atomic mass is 9.86.